The van der Waals surface area contributed by atoms with Crippen molar-refractivity contribution in [3.05, 3.63) is 17.5 Å². The van der Waals surface area contributed by atoms with Crippen LogP contribution in [-0.4, -0.2) is 22.4 Å². The van der Waals surface area contributed by atoms with E-state index in [0.29, 0.717) is 0 Å². The number of nitrogens with one attached hydrogen (secondary N) is 1. The van der Waals surface area contributed by atoms with Crippen molar-refractivity contribution in [1.82, 2.24) is 15.1 Å². The molecule has 1 aliphatic rings. The minimum absolute atomic E-state index is 0.737. The molecule has 21 heavy (non-hydrogen) atoms. The van der Waals surface area contributed by atoms with Crippen LogP contribution >= 0.6 is 0 Å². The van der Waals surface area contributed by atoms with Crippen molar-refractivity contribution in [3.8, 4) is 0 Å². The van der Waals surface area contributed by atoms with Crippen LogP contribution in [0.25, 0.3) is 0 Å². The number of nitrogens with zero attached hydrogens (tertiary/aromatic N) is 2. The molecular weight excluding hydrogens is 258 g/mol. The number of rotatable bonds is 7. The Kier molecular flexibility index (Phi) is 6.75. The van der Waals surface area contributed by atoms with E-state index in [1.165, 1.54) is 62.9 Å². The number of aromatic nitrogens is 2. The molecule has 0 aliphatic heterocycles. The molecule has 0 bridgehead atoms. The van der Waals surface area contributed by atoms with Gasteiger partial charge in [0.1, 0.15) is 0 Å². The summed E-state index contributed by atoms with van der Waals surface area (Å²) in [5.41, 5.74) is 2.71. The summed E-state index contributed by atoms with van der Waals surface area (Å²) in [7, 11) is 0. The Hall–Kier alpha value is -0.830. The van der Waals surface area contributed by atoms with Crippen LogP contribution in [0.1, 0.15) is 70.7 Å². The average molecular weight is 291 g/mol. The molecule has 3 heteroatoms. The first-order valence-corrected chi connectivity index (χ1v) is 9.05. The molecule has 1 aromatic rings. The Morgan fingerprint density at radius 1 is 1.24 bits per heavy atom. The van der Waals surface area contributed by atoms with Crippen LogP contribution < -0.4 is 5.32 Å². The van der Waals surface area contributed by atoms with E-state index < -0.39 is 0 Å². The summed E-state index contributed by atoms with van der Waals surface area (Å²) in [6.45, 7) is 8.83. The van der Waals surface area contributed by atoms with E-state index in [1.54, 1.807) is 0 Å². The SMILES string of the molecule is CCCNC1CCCCC(Cc2cc(CC)nn2CC)C1. The molecule has 1 heterocycles. The quantitative estimate of drug-likeness (QED) is 0.771. The van der Waals surface area contributed by atoms with Crippen LogP contribution in [0.15, 0.2) is 6.07 Å². The standard InChI is InChI=1S/C18H33N3/c1-4-11-19-17-10-8-7-9-15(12-17)13-18-14-16(5-2)20-21(18)6-3/h14-15,17,19H,4-13H2,1-3H3. The van der Waals surface area contributed by atoms with E-state index in [9.17, 15) is 0 Å². The topological polar surface area (TPSA) is 29.9 Å². The molecule has 0 amide bonds. The van der Waals surface area contributed by atoms with Gasteiger partial charge in [-0.25, -0.2) is 0 Å². The van der Waals surface area contributed by atoms with Crippen LogP contribution in [0.5, 0.6) is 0 Å². The number of hydrogen-bond donors (Lipinski definition) is 1. The van der Waals surface area contributed by atoms with Gasteiger partial charge in [-0.05, 0) is 57.6 Å². The lowest BCUT2D eigenvalue weighted by atomic mass is 9.93. The maximum atomic E-state index is 4.71. The minimum atomic E-state index is 0.737. The average Bonchev–Trinajstić information content (AvgIpc) is 2.76. The fraction of sp³-hybridized carbons (Fsp3) is 0.833. The second kappa shape index (κ2) is 8.57. The van der Waals surface area contributed by atoms with Gasteiger partial charge in [0.2, 0.25) is 0 Å². The third-order valence-corrected chi connectivity index (χ3v) is 4.79. The Morgan fingerprint density at radius 2 is 2.05 bits per heavy atom. The van der Waals surface area contributed by atoms with Crippen LogP contribution in [0, 0.1) is 5.92 Å². The minimum Gasteiger partial charge on any atom is -0.314 e. The van der Waals surface area contributed by atoms with Crippen LogP contribution in [0.2, 0.25) is 0 Å². The first-order valence-electron chi connectivity index (χ1n) is 9.05. The lowest BCUT2D eigenvalue weighted by molar-refractivity contribution is 0.377. The second-order valence-electron chi connectivity index (χ2n) is 6.54. The highest BCUT2D eigenvalue weighted by Gasteiger charge is 2.21. The fourth-order valence-electron chi connectivity index (χ4n) is 3.60. The molecule has 0 spiro atoms. The molecule has 2 rings (SSSR count). The van der Waals surface area contributed by atoms with Crippen molar-refractivity contribution in [1.29, 1.82) is 0 Å². The summed E-state index contributed by atoms with van der Waals surface area (Å²) in [4.78, 5) is 0. The van der Waals surface area contributed by atoms with E-state index in [-0.39, 0.29) is 0 Å². The van der Waals surface area contributed by atoms with Gasteiger partial charge in [0.05, 0.1) is 5.69 Å². The van der Waals surface area contributed by atoms with Gasteiger partial charge in [-0.1, -0.05) is 33.1 Å². The van der Waals surface area contributed by atoms with E-state index in [2.05, 4.69) is 36.8 Å². The monoisotopic (exact) mass is 291 g/mol. The first kappa shape index (κ1) is 16.5. The largest absolute Gasteiger partial charge is 0.314 e. The molecule has 1 fully saturated rings. The zero-order valence-electron chi connectivity index (χ0n) is 14.2. The molecule has 1 aromatic heterocycles. The number of hydrogen-bond acceptors (Lipinski definition) is 2. The lowest BCUT2D eigenvalue weighted by Gasteiger charge is -2.21. The Bertz CT molecular complexity index is 411. The van der Waals surface area contributed by atoms with Crippen molar-refractivity contribution in [3.63, 3.8) is 0 Å². The summed E-state index contributed by atoms with van der Waals surface area (Å²) in [5, 5.41) is 8.46. The molecule has 120 valence electrons. The van der Waals surface area contributed by atoms with E-state index in [1.807, 2.05) is 0 Å². The van der Waals surface area contributed by atoms with Crippen LogP contribution in [-0.2, 0) is 19.4 Å². The summed E-state index contributed by atoms with van der Waals surface area (Å²) < 4.78 is 2.22. The molecule has 0 aromatic carbocycles. The molecule has 1 N–H and O–H groups in total. The molecular formula is C18H33N3. The van der Waals surface area contributed by atoms with E-state index >= 15 is 0 Å². The van der Waals surface area contributed by atoms with Crippen molar-refractivity contribution in [2.24, 2.45) is 5.92 Å². The van der Waals surface area contributed by atoms with Gasteiger partial charge >= 0.3 is 0 Å². The highest BCUT2D eigenvalue weighted by molar-refractivity contribution is 5.11. The van der Waals surface area contributed by atoms with Crippen molar-refractivity contribution in [2.45, 2.75) is 84.7 Å². The predicted molar refractivity (Wildman–Crippen MR) is 89.6 cm³/mol. The van der Waals surface area contributed by atoms with Crippen molar-refractivity contribution < 1.29 is 0 Å². The van der Waals surface area contributed by atoms with Gasteiger partial charge in [-0.2, -0.15) is 5.10 Å². The van der Waals surface area contributed by atoms with Gasteiger partial charge < -0.3 is 5.32 Å². The zero-order chi connectivity index (χ0) is 15.1. The highest BCUT2D eigenvalue weighted by Crippen LogP contribution is 2.27. The molecule has 1 aliphatic carbocycles. The smallest absolute Gasteiger partial charge is 0.0624 e. The van der Waals surface area contributed by atoms with E-state index in [4.69, 9.17) is 5.10 Å². The third kappa shape index (κ3) is 4.84. The maximum Gasteiger partial charge on any atom is 0.0624 e. The van der Waals surface area contributed by atoms with Gasteiger partial charge in [0, 0.05) is 18.3 Å². The van der Waals surface area contributed by atoms with Crippen LogP contribution in [0.4, 0.5) is 0 Å². The normalized spacial score (nSPS) is 23.2. The lowest BCUT2D eigenvalue weighted by Crippen LogP contribution is -2.31. The molecule has 3 nitrogen and oxygen atoms in total. The molecule has 1 saturated carbocycles. The van der Waals surface area contributed by atoms with Gasteiger partial charge in [0.15, 0.2) is 0 Å². The summed E-state index contributed by atoms with van der Waals surface area (Å²) in [6.07, 6.45) is 10.4. The molecule has 0 radical (unpaired) electrons. The summed E-state index contributed by atoms with van der Waals surface area (Å²) in [5.74, 6) is 0.827. The summed E-state index contributed by atoms with van der Waals surface area (Å²) >= 11 is 0. The summed E-state index contributed by atoms with van der Waals surface area (Å²) in [6, 6.07) is 3.07. The second-order valence-corrected chi connectivity index (χ2v) is 6.54. The fourth-order valence-corrected chi connectivity index (χ4v) is 3.60. The zero-order valence-corrected chi connectivity index (χ0v) is 14.2. The molecule has 0 saturated heterocycles. The van der Waals surface area contributed by atoms with E-state index in [0.717, 1.165) is 24.9 Å². The first-order chi connectivity index (χ1) is 10.3. The Balaban J connectivity index is 1.98. The van der Waals surface area contributed by atoms with Crippen molar-refractivity contribution in [2.75, 3.05) is 6.54 Å². The van der Waals surface area contributed by atoms with Crippen molar-refractivity contribution >= 4 is 0 Å². The molecule has 2 atom stereocenters. The highest BCUT2D eigenvalue weighted by atomic mass is 15.3. The third-order valence-electron chi connectivity index (χ3n) is 4.79. The van der Waals surface area contributed by atoms with Crippen LogP contribution in [0.3, 0.4) is 0 Å². The Morgan fingerprint density at radius 3 is 2.76 bits per heavy atom. The van der Waals surface area contributed by atoms with Gasteiger partial charge in [0.25, 0.3) is 0 Å². The molecule has 2 unspecified atom stereocenters. The maximum absolute atomic E-state index is 4.71. The van der Waals surface area contributed by atoms with Gasteiger partial charge in [-0.3, -0.25) is 4.68 Å². The predicted octanol–water partition coefficient (Wildman–Crippen LogP) is 3.96. The Labute approximate surface area is 130 Å². The van der Waals surface area contributed by atoms with Gasteiger partial charge in [-0.15, -0.1) is 0 Å². The number of aryl methyl sites for hydroxylation is 2.